The molecule has 36 heavy (non-hydrogen) atoms. The van der Waals surface area contributed by atoms with Gasteiger partial charge in [-0.3, -0.25) is 4.79 Å². The Kier molecular flexibility index (Phi) is 7.85. The fraction of sp³-hybridized carbons (Fsp3) is 0.444. The molecular formula is C27H33N7O2. The van der Waals surface area contributed by atoms with Gasteiger partial charge in [0.15, 0.2) is 5.82 Å². The molecule has 1 atom stereocenters. The van der Waals surface area contributed by atoms with E-state index in [0.29, 0.717) is 25.6 Å². The number of carbonyl (C=O) groups is 1. The Morgan fingerprint density at radius 1 is 0.917 bits per heavy atom. The van der Waals surface area contributed by atoms with Crippen molar-refractivity contribution < 1.29 is 9.53 Å². The summed E-state index contributed by atoms with van der Waals surface area (Å²) in [6, 6.07) is 15.9. The van der Waals surface area contributed by atoms with Gasteiger partial charge in [-0.05, 0) is 44.2 Å². The van der Waals surface area contributed by atoms with Crippen LogP contribution in [-0.4, -0.2) is 65.4 Å². The van der Waals surface area contributed by atoms with E-state index in [0.717, 1.165) is 55.4 Å². The third kappa shape index (κ3) is 6.08. The number of ether oxygens (including phenoxy) is 1. The van der Waals surface area contributed by atoms with Gasteiger partial charge in [-0.2, -0.15) is 0 Å². The van der Waals surface area contributed by atoms with Crippen LogP contribution in [0.5, 0.6) is 5.88 Å². The molecule has 2 aliphatic rings. The maximum Gasteiger partial charge on any atom is 0.225 e. The number of amides is 1. The fourth-order valence-electron chi connectivity index (χ4n) is 4.83. The third-order valence-corrected chi connectivity index (χ3v) is 6.80. The molecule has 9 heteroatoms. The second kappa shape index (κ2) is 11.8. The predicted molar refractivity (Wildman–Crippen MR) is 139 cm³/mol. The molecule has 2 fully saturated rings. The Morgan fingerprint density at radius 2 is 1.75 bits per heavy atom. The van der Waals surface area contributed by atoms with Crippen molar-refractivity contribution >= 4 is 17.5 Å². The Morgan fingerprint density at radius 3 is 2.56 bits per heavy atom. The monoisotopic (exact) mass is 487 g/mol. The Balaban J connectivity index is 1.08. The van der Waals surface area contributed by atoms with Gasteiger partial charge in [-0.15, -0.1) is 10.2 Å². The lowest BCUT2D eigenvalue weighted by atomic mass is 9.97. The van der Waals surface area contributed by atoms with Gasteiger partial charge in [0.1, 0.15) is 18.8 Å². The van der Waals surface area contributed by atoms with Crippen molar-refractivity contribution in [2.75, 3.05) is 49.1 Å². The maximum absolute atomic E-state index is 12.8. The highest BCUT2D eigenvalue weighted by Crippen LogP contribution is 2.24. The summed E-state index contributed by atoms with van der Waals surface area (Å²) in [5, 5.41) is 11.9. The standard InChI is InChI=1S/C27H33N7O2/c35-27(28-13-17-36-26-18-25(29-20-30-26)33-14-5-2-6-15-33)22-10-7-16-34(19-22)24-12-11-23(31-32-24)21-8-3-1-4-9-21/h1,3-4,8-9,11-12,18,20,22H,2,5-7,10,13-17,19H2,(H,28,35). The van der Waals surface area contributed by atoms with Crippen LogP contribution >= 0.6 is 0 Å². The van der Waals surface area contributed by atoms with E-state index in [2.05, 4.69) is 35.3 Å². The van der Waals surface area contributed by atoms with Crippen LogP contribution in [0, 0.1) is 5.92 Å². The van der Waals surface area contributed by atoms with E-state index < -0.39 is 0 Å². The lowest BCUT2D eigenvalue weighted by molar-refractivity contribution is -0.125. The van der Waals surface area contributed by atoms with Gasteiger partial charge in [0.25, 0.3) is 0 Å². The highest BCUT2D eigenvalue weighted by Gasteiger charge is 2.26. The van der Waals surface area contributed by atoms with Gasteiger partial charge < -0.3 is 19.9 Å². The Hall–Kier alpha value is -3.75. The van der Waals surface area contributed by atoms with E-state index in [1.165, 1.54) is 19.3 Å². The normalized spacial score (nSPS) is 18.1. The van der Waals surface area contributed by atoms with Gasteiger partial charge in [0.2, 0.25) is 11.8 Å². The molecule has 0 saturated carbocycles. The van der Waals surface area contributed by atoms with E-state index >= 15 is 0 Å². The lowest BCUT2D eigenvalue weighted by Crippen LogP contribution is -2.44. The number of anilines is 2. The molecule has 2 aliphatic heterocycles. The summed E-state index contributed by atoms with van der Waals surface area (Å²) in [6.07, 6.45) is 7.01. The smallest absolute Gasteiger partial charge is 0.225 e. The third-order valence-electron chi connectivity index (χ3n) is 6.80. The summed E-state index contributed by atoms with van der Waals surface area (Å²) in [5.41, 5.74) is 1.89. The molecule has 2 aromatic heterocycles. The number of piperidine rings is 2. The SMILES string of the molecule is O=C(NCCOc1cc(N2CCCCC2)ncn1)C1CCCN(c2ccc(-c3ccccc3)nn2)C1. The van der Waals surface area contributed by atoms with Crippen LogP contribution in [-0.2, 0) is 4.79 Å². The van der Waals surface area contributed by atoms with Crippen LogP contribution in [0.15, 0.2) is 54.9 Å². The van der Waals surface area contributed by atoms with Gasteiger partial charge in [0, 0.05) is 37.8 Å². The molecule has 1 N–H and O–H groups in total. The average Bonchev–Trinajstić information content (AvgIpc) is 2.96. The highest BCUT2D eigenvalue weighted by molar-refractivity contribution is 5.79. The molecule has 0 bridgehead atoms. The largest absolute Gasteiger partial charge is 0.476 e. The zero-order valence-corrected chi connectivity index (χ0v) is 20.6. The summed E-state index contributed by atoms with van der Waals surface area (Å²) in [6.45, 7) is 4.35. The van der Waals surface area contributed by atoms with E-state index in [4.69, 9.17) is 4.74 Å². The molecule has 0 radical (unpaired) electrons. The molecule has 1 amide bonds. The van der Waals surface area contributed by atoms with Crippen molar-refractivity contribution in [2.45, 2.75) is 32.1 Å². The molecule has 1 unspecified atom stereocenters. The number of rotatable bonds is 8. The number of hydrogen-bond acceptors (Lipinski definition) is 8. The van der Waals surface area contributed by atoms with Crippen molar-refractivity contribution in [1.82, 2.24) is 25.5 Å². The predicted octanol–water partition coefficient (Wildman–Crippen LogP) is 3.34. The van der Waals surface area contributed by atoms with Crippen molar-refractivity contribution in [2.24, 2.45) is 5.92 Å². The zero-order chi connectivity index (χ0) is 24.6. The molecule has 0 aliphatic carbocycles. The molecular weight excluding hydrogens is 454 g/mol. The topological polar surface area (TPSA) is 96.4 Å². The summed E-state index contributed by atoms with van der Waals surface area (Å²) in [4.78, 5) is 25.8. The average molecular weight is 488 g/mol. The van der Waals surface area contributed by atoms with Gasteiger partial charge in [-0.1, -0.05) is 30.3 Å². The van der Waals surface area contributed by atoms with Gasteiger partial charge in [-0.25, -0.2) is 9.97 Å². The van der Waals surface area contributed by atoms with Crippen molar-refractivity contribution in [3.8, 4) is 17.1 Å². The van der Waals surface area contributed by atoms with E-state index in [9.17, 15) is 4.79 Å². The second-order valence-corrected chi connectivity index (χ2v) is 9.33. The number of carbonyl (C=O) groups excluding carboxylic acids is 1. The molecule has 1 aromatic carbocycles. The molecule has 188 valence electrons. The number of benzene rings is 1. The summed E-state index contributed by atoms with van der Waals surface area (Å²) < 4.78 is 5.79. The van der Waals surface area contributed by atoms with Crippen LogP contribution in [0.3, 0.4) is 0 Å². The summed E-state index contributed by atoms with van der Waals surface area (Å²) in [5.74, 6) is 2.23. The van der Waals surface area contributed by atoms with Crippen LogP contribution in [0.25, 0.3) is 11.3 Å². The second-order valence-electron chi connectivity index (χ2n) is 9.33. The Bertz CT molecular complexity index is 1120. The van der Waals surface area contributed by atoms with Crippen molar-refractivity contribution in [1.29, 1.82) is 0 Å². The molecule has 9 nitrogen and oxygen atoms in total. The Labute approximate surface area is 211 Å². The number of hydrogen-bond donors (Lipinski definition) is 1. The van der Waals surface area contributed by atoms with Crippen LogP contribution in [0.1, 0.15) is 32.1 Å². The quantitative estimate of drug-likeness (QED) is 0.484. The van der Waals surface area contributed by atoms with E-state index in [-0.39, 0.29) is 11.8 Å². The first kappa shape index (κ1) is 24.0. The van der Waals surface area contributed by atoms with Gasteiger partial charge >= 0.3 is 0 Å². The number of nitrogens with one attached hydrogen (secondary N) is 1. The van der Waals surface area contributed by atoms with Gasteiger partial charge in [0.05, 0.1) is 18.2 Å². The van der Waals surface area contributed by atoms with Crippen molar-refractivity contribution in [3.63, 3.8) is 0 Å². The first-order valence-electron chi connectivity index (χ1n) is 12.9. The summed E-state index contributed by atoms with van der Waals surface area (Å²) in [7, 11) is 0. The number of nitrogens with zero attached hydrogens (tertiary/aromatic N) is 6. The molecule has 0 spiro atoms. The summed E-state index contributed by atoms with van der Waals surface area (Å²) >= 11 is 0. The fourth-order valence-corrected chi connectivity index (χ4v) is 4.83. The zero-order valence-electron chi connectivity index (χ0n) is 20.6. The molecule has 2 saturated heterocycles. The van der Waals surface area contributed by atoms with E-state index in [1.54, 1.807) is 6.33 Å². The first-order valence-corrected chi connectivity index (χ1v) is 12.9. The van der Waals surface area contributed by atoms with E-state index in [1.807, 2.05) is 48.5 Å². The molecule has 5 rings (SSSR count). The van der Waals surface area contributed by atoms with Crippen LogP contribution < -0.4 is 19.9 Å². The van der Waals surface area contributed by atoms with Crippen LogP contribution in [0.4, 0.5) is 11.6 Å². The maximum atomic E-state index is 12.8. The minimum Gasteiger partial charge on any atom is -0.476 e. The first-order chi connectivity index (χ1) is 17.8. The minimum atomic E-state index is -0.0842. The molecule has 3 aromatic rings. The highest BCUT2D eigenvalue weighted by atomic mass is 16.5. The number of aromatic nitrogens is 4. The lowest BCUT2D eigenvalue weighted by Gasteiger charge is -2.32. The van der Waals surface area contributed by atoms with Crippen LogP contribution in [0.2, 0.25) is 0 Å². The van der Waals surface area contributed by atoms with Crippen molar-refractivity contribution in [3.05, 3.63) is 54.9 Å². The minimum absolute atomic E-state index is 0.0499. The molecule has 4 heterocycles.